The van der Waals surface area contributed by atoms with Crippen molar-refractivity contribution in [2.75, 3.05) is 18.4 Å². The summed E-state index contributed by atoms with van der Waals surface area (Å²) in [6.07, 6.45) is 6.97. The first-order valence-electron chi connectivity index (χ1n) is 10.6. The van der Waals surface area contributed by atoms with Crippen molar-refractivity contribution in [2.24, 2.45) is 0 Å². The van der Waals surface area contributed by atoms with E-state index >= 15 is 0 Å². The molecule has 5 rings (SSSR count). The molecule has 7 nitrogen and oxygen atoms in total. The first-order chi connectivity index (χ1) is 15.6. The van der Waals surface area contributed by atoms with E-state index in [0.717, 1.165) is 40.8 Å². The third-order valence-corrected chi connectivity index (χ3v) is 6.16. The molecular formula is C24H23ClN6O. The molecule has 3 aromatic heterocycles. The molecule has 4 aromatic rings. The summed E-state index contributed by atoms with van der Waals surface area (Å²) in [6.45, 7) is 3.36. The number of fused-ring (bicyclic) bond motifs is 1. The summed E-state index contributed by atoms with van der Waals surface area (Å²) in [7, 11) is 0. The second-order valence-corrected chi connectivity index (χ2v) is 8.54. The molecule has 4 heterocycles. The van der Waals surface area contributed by atoms with Crippen LogP contribution in [0.5, 0.6) is 0 Å². The van der Waals surface area contributed by atoms with E-state index in [0.29, 0.717) is 29.6 Å². The fraction of sp³-hybridized carbons (Fsp3) is 0.250. The number of piperidine rings is 1. The molecule has 1 aliphatic rings. The zero-order chi connectivity index (χ0) is 22.1. The molecular weight excluding hydrogens is 424 g/mol. The van der Waals surface area contributed by atoms with Gasteiger partial charge in [-0.1, -0.05) is 23.7 Å². The van der Waals surface area contributed by atoms with E-state index in [1.165, 1.54) is 0 Å². The molecule has 0 atom stereocenters. The molecule has 1 fully saturated rings. The standard InChI is InChI=1S/C24H23ClN6O/c1-15-3-2-8-27-23(15)30-22-14-26-13-21(29-22)16-6-9-31(10-7-16)24(32)20-11-17-4-5-18(25)12-19(17)28-20/h2-5,8,11-14,16,28H,6-7,9-10H2,1H3,(H,27,29,30). The van der Waals surface area contributed by atoms with Gasteiger partial charge in [0.1, 0.15) is 17.3 Å². The van der Waals surface area contributed by atoms with Gasteiger partial charge < -0.3 is 15.2 Å². The van der Waals surface area contributed by atoms with Gasteiger partial charge in [0.15, 0.2) is 0 Å². The normalized spacial score (nSPS) is 14.6. The second-order valence-electron chi connectivity index (χ2n) is 8.10. The summed E-state index contributed by atoms with van der Waals surface area (Å²) >= 11 is 6.06. The third kappa shape index (κ3) is 4.16. The fourth-order valence-electron chi connectivity index (χ4n) is 4.14. The van der Waals surface area contributed by atoms with Crippen LogP contribution in [-0.4, -0.2) is 43.8 Å². The minimum atomic E-state index is 0.0166. The number of likely N-dealkylation sites (tertiary alicyclic amines) is 1. The lowest BCUT2D eigenvalue weighted by Gasteiger charge is -2.31. The summed E-state index contributed by atoms with van der Waals surface area (Å²) in [4.78, 5) is 31.6. The highest BCUT2D eigenvalue weighted by atomic mass is 35.5. The number of nitrogens with one attached hydrogen (secondary N) is 2. The highest BCUT2D eigenvalue weighted by molar-refractivity contribution is 6.31. The van der Waals surface area contributed by atoms with Crippen molar-refractivity contribution in [1.29, 1.82) is 0 Å². The molecule has 0 spiro atoms. The molecule has 162 valence electrons. The van der Waals surface area contributed by atoms with Gasteiger partial charge in [0.2, 0.25) is 0 Å². The molecule has 1 amide bonds. The number of carbonyl (C=O) groups excluding carboxylic acids is 1. The van der Waals surface area contributed by atoms with Gasteiger partial charge in [-0.15, -0.1) is 0 Å². The molecule has 0 saturated carbocycles. The Bertz CT molecular complexity index is 1280. The zero-order valence-electron chi connectivity index (χ0n) is 17.7. The van der Waals surface area contributed by atoms with Crippen LogP contribution in [0.25, 0.3) is 10.9 Å². The minimum absolute atomic E-state index is 0.0166. The number of H-pyrrole nitrogens is 1. The van der Waals surface area contributed by atoms with Crippen molar-refractivity contribution in [3.63, 3.8) is 0 Å². The molecule has 0 aliphatic carbocycles. The second kappa shape index (κ2) is 8.59. The number of rotatable bonds is 4. The molecule has 0 radical (unpaired) electrons. The molecule has 1 saturated heterocycles. The number of pyridine rings is 1. The number of halogens is 1. The Morgan fingerprint density at radius 3 is 2.84 bits per heavy atom. The van der Waals surface area contributed by atoms with Gasteiger partial charge in [-0.25, -0.2) is 9.97 Å². The number of aryl methyl sites for hydroxylation is 1. The number of hydrogen-bond donors (Lipinski definition) is 2. The first-order valence-corrected chi connectivity index (χ1v) is 11.0. The molecule has 1 aliphatic heterocycles. The summed E-state index contributed by atoms with van der Waals surface area (Å²) < 4.78 is 0. The van der Waals surface area contributed by atoms with Crippen LogP contribution < -0.4 is 5.32 Å². The highest BCUT2D eigenvalue weighted by Gasteiger charge is 2.26. The van der Waals surface area contributed by atoms with Gasteiger partial charge in [-0.05, 0) is 49.6 Å². The van der Waals surface area contributed by atoms with E-state index in [4.69, 9.17) is 16.6 Å². The summed E-state index contributed by atoms with van der Waals surface area (Å²) in [5.74, 6) is 1.74. The van der Waals surface area contributed by atoms with E-state index in [9.17, 15) is 4.79 Å². The zero-order valence-corrected chi connectivity index (χ0v) is 18.4. The van der Waals surface area contributed by atoms with E-state index in [-0.39, 0.29) is 11.8 Å². The van der Waals surface area contributed by atoms with Crippen LogP contribution in [0.3, 0.4) is 0 Å². The van der Waals surface area contributed by atoms with Gasteiger partial charge in [0, 0.05) is 47.3 Å². The van der Waals surface area contributed by atoms with Crippen LogP contribution >= 0.6 is 11.6 Å². The van der Waals surface area contributed by atoms with Crippen molar-refractivity contribution in [3.05, 3.63) is 77.0 Å². The predicted molar refractivity (Wildman–Crippen MR) is 125 cm³/mol. The van der Waals surface area contributed by atoms with Crippen LogP contribution in [0.4, 0.5) is 11.6 Å². The number of anilines is 2. The fourth-order valence-corrected chi connectivity index (χ4v) is 4.31. The summed E-state index contributed by atoms with van der Waals surface area (Å²) in [5.41, 5.74) is 3.46. The Morgan fingerprint density at radius 2 is 2.03 bits per heavy atom. The van der Waals surface area contributed by atoms with Crippen molar-refractivity contribution in [1.82, 2.24) is 24.8 Å². The number of nitrogens with zero attached hydrogens (tertiary/aromatic N) is 4. The number of benzene rings is 1. The summed E-state index contributed by atoms with van der Waals surface area (Å²) in [6, 6.07) is 11.4. The molecule has 1 aromatic carbocycles. The monoisotopic (exact) mass is 446 g/mol. The number of amides is 1. The summed E-state index contributed by atoms with van der Waals surface area (Å²) in [5, 5.41) is 4.88. The van der Waals surface area contributed by atoms with Crippen molar-refractivity contribution >= 4 is 40.0 Å². The largest absolute Gasteiger partial charge is 0.350 e. The smallest absolute Gasteiger partial charge is 0.270 e. The lowest BCUT2D eigenvalue weighted by molar-refractivity contribution is 0.0707. The Morgan fingerprint density at radius 1 is 1.19 bits per heavy atom. The number of aromatic nitrogens is 4. The predicted octanol–water partition coefficient (Wildman–Crippen LogP) is 5.08. The first kappa shape index (κ1) is 20.5. The van der Waals surface area contributed by atoms with E-state index in [1.54, 1.807) is 12.4 Å². The van der Waals surface area contributed by atoms with Crippen LogP contribution in [0.15, 0.2) is 55.0 Å². The topological polar surface area (TPSA) is 86.8 Å². The average molecular weight is 447 g/mol. The Kier molecular flexibility index (Phi) is 5.49. The van der Waals surface area contributed by atoms with Crippen LogP contribution in [0.1, 0.15) is 40.5 Å². The van der Waals surface area contributed by atoms with Crippen LogP contribution in [0.2, 0.25) is 5.02 Å². The van der Waals surface area contributed by atoms with E-state index in [2.05, 4.69) is 20.3 Å². The van der Waals surface area contributed by atoms with Gasteiger partial charge in [-0.3, -0.25) is 9.78 Å². The lowest BCUT2D eigenvalue weighted by Crippen LogP contribution is -2.38. The Labute approximate surface area is 190 Å². The van der Waals surface area contributed by atoms with Crippen molar-refractivity contribution < 1.29 is 4.79 Å². The van der Waals surface area contributed by atoms with Gasteiger partial charge in [-0.2, -0.15) is 0 Å². The molecule has 0 unspecified atom stereocenters. The van der Waals surface area contributed by atoms with Crippen LogP contribution in [-0.2, 0) is 0 Å². The lowest BCUT2D eigenvalue weighted by atomic mass is 9.93. The maximum absolute atomic E-state index is 13.0. The minimum Gasteiger partial charge on any atom is -0.350 e. The van der Waals surface area contributed by atoms with Crippen molar-refractivity contribution in [2.45, 2.75) is 25.7 Å². The van der Waals surface area contributed by atoms with E-state index < -0.39 is 0 Å². The number of aromatic amines is 1. The maximum Gasteiger partial charge on any atom is 0.270 e. The Hall–Kier alpha value is -3.45. The van der Waals surface area contributed by atoms with Crippen LogP contribution in [0, 0.1) is 6.92 Å². The highest BCUT2D eigenvalue weighted by Crippen LogP contribution is 2.29. The van der Waals surface area contributed by atoms with Gasteiger partial charge in [0.05, 0.1) is 11.9 Å². The molecule has 0 bridgehead atoms. The molecule has 2 N–H and O–H groups in total. The maximum atomic E-state index is 13.0. The number of hydrogen-bond acceptors (Lipinski definition) is 5. The third-order valence-electron chi connectivity index (χ3n) is 5.92. The van der Waals surface area contributed by atoms with Gasteiger partial charge in [0.25, 0.3) is 5.91 Å². The SMILES string of the molecule is Cc1cccnc1Nc1cncc(C2CCN(C(=O)c3cc4ccc(Cl)cc4[nH]3)CC2)n1. The van der Waals surface area contributed by atoms with Gasteiger partial charge >= 0.3 is 0 Å². The number of carbonyl (C=O) groups is 1. The van der Waals surface area contributed by atoms with Crippen molar-refractivity contribution in [3.8, 4) is 0 Å². The van der Waals surface area contributed by atoms with E-state index in [1.807, 2.05) is 54.4 Å². The quantitative estimate of drug-likeness (QED) is 0.456. The average Bonchev–Trinajstić information content (AvgIpc) is 3.24. The molecule has 8 heteroatoms. The Balaban J connectivity index is 1.25. The molecule has 32 heavy (non-hydrogen) atoms.